The first-order chi connectivity index (χ1) is 6.84. The lowest BCUT2D eigenvalue weighted by Gasteiger charge is -2.26. The number of thiazole rings is 1. The van der Waals surface area contributed by atoms with Crippen LogP contribution in [0.4, 0.5) is 0 Å². The number of aryl methyl sites for hydroxylation is 1. The van der Waals surface area contributed by atoms with Crippen molar-refractivity contribution in [3.63, 3.8) is 0 Å². The van der Waals surface area contributed by atoms with Crippen LogP contribution in [0.3, 0.4) is 0 Å². The van der Waals surface area contributed by atoms with Crippen molar-refractivity contribution in [3.05, 3.63) is 16.1 Å². The lowest BCUT2D eigenvalue weighted by molar-refractivity contribution is 0.152. The number of nitrogens with zero attached hydrogens (tertiary/aromatic N) is 2. The van der Waals surface area contributed by atoms with Crippen LogP contribution in [-0.4, -0.2) is 23.1 Å². The zero-order valence-electron chi connectivity index (χ0n) is 8.62. The highest BCUT2D eigenvalue weighted by atomic mass is 32.1. The molecule has 2 rings (SSSR count). The maximum atomic E-state index is 4.24. The zero-order valence-corrected chi connectivity index (χ0v) is 9.44. The molecule has 14 heavy (non-hydrogen) atoms. The third-order valence-corrected chi connectivity index (χ3v) is 3.41. The van der Waals surface area contributed by atoms with Crippen LogP contribution in [0.1, 0.15) is 29.1 Å². The molecule has 1 aromatic heterocycles. The molecular formula is C10H17N3S. The fraction of sp³-hybridized carbons (Fsp3) is 0.700. The Morgan fingerprint density at radius 1 is 1.43 bits per heavy atom. The second-order valence-corrected chi connectivity index (χ2v) is 5.05. The fourth-order valence-corrected chi connectivity index (χ4v) is 2.46. The summed E-state index contributed by atoms with van der Waals surface area (Å²) in [4.78, 5) is 5.57. The predicted octanol–water partition coefficient (Wildman–Crippen LogP) is 1.94. The molecule has 0 aliphatic carbocycles. The molecule has 0 amide bonds. The smallest absolute Gasteiger partial charge is 0.0897 e. The second kappa shape index (κ2) is 4.87. The summed E-state index contributed by atoms with van der Waals surface area (Å²) in [7, 11) is 0. The van der Waals surface area contributed by atoms with Crippen LogP contribution >= 0.6 is 11.3 Å². The molecule has 0 bridgehead atoms. The summed E-state index contributed by atoms with van der Waals surface area (Å²) >= 11 is 1.78. The topological polar surface area (TPSA) is 28.2 Å². The van der Waals surface area contributed by atoms with Gasteiger partial charge in [-0.2, -0.15) is 0 Å². The first kappa shape index (κ1) is 10.1. The summed E-state index contributed by atoms with van der Waals surface area (Å²) in [6, 6.07) is 0. The first-order valence-electron chi connectivity index (χ1n) is 5.24. The Hall–Kier alpha value is -0.450. The summed E-state index contributed by atoms with van der Waals surface area (Å²) in [6.07, 6.45) is 6.01. The van der Waals surface area contributed by atoms with Gasteiger partial charge in [-0.25, -0.2) is 15.4 Å². The van der Waals surface area contributed by atoms with Crippen molar-refractivity contribution in [2.45, 2.75) is 32.7 Å². The molecule has 1 N–H and O–H groups in total. The summed E-state index contributed by atoms with van der Waals surface area (Å²) in [5, 5.41) is 3.49. The van der Waals surface area contributed by atoms with Gasteiger partial charge in [0.1, 0.15) is 0 Å². The quantitative estimate of drug-likeness (QED) is 0.828. The van der Waals surface area contributed by atoms with Gasteiger partial charge in [0.25, 0.3) is 0 Å². The molecule has 1 aliphatic rings. The van der Waals surface area contributed by atoms with Gasteiger partial charge in [-0.1, -0.05) is 6.42 Å². The van der Waals surface area contributed by atoms with Crippen molar-refractivity contribution in [1.82, 2.24) is 15.4 Å². The van der Waals surface area contributed by atoms with Crippen molar-refractivity contribution in [1.29, 1.82) is 0 Å². The first-order valence-corrected chi connectivity index (χ1v) is 6.06. The second-order valence-electron chi connectivity index (χ2n) is 3.73. The molecule has 2 heterocycles. The molecule has 0 aromatic carbocycles. The molecule has 3 nitrogen and oxygen atoms in total. The number of hydrogen-bond donors (Lipinski definition) is 1. The minimum Gasteiger partial charge on any atom is -0.250 e. The van der Waals surface area contributed by atoms with E-state index in [-0.39, 0.29) is 0 Å². The molecule has 4 heteroatoms. The maximum absolute atomic E-state index is 4.24. The van der Waals surface area contributed by atoms with Gasteiger partial charge in [0.2, 0.25) is 0 Å². The Kier molecular flexibility index (Phi) is 3.50. The van der Waals surface area contributed by atoms with E-state index in [1.165, 1.54) is 37.2 Å². The van der Waals surface area contributed by atoms with E-state index in [0.29, 0.717) is 0 Å². The highest BCUT2D eigenvalue weighted by molar-refractivity contribution is 7.11. The van der Waals surface area contributed by atoms with E-state index >= 15 is 0 Å². The Bertz CT molecular complexity index is 279. The van der Waals surface area contributed by atoms with Crippen LogP contribution in [-0.2, 0) is 6.54 Å². The van der Waals surface area contributed by atoms with Crippen LogP contribution in [0.15, 0.2) is 6.20 Å². The number of rotatable bonds is 3. The Balaban J connectivity index is 1.76. The van der Waals surface area contributed by atoms with Gasteiger partial charge in [-0.05, 0) is 19.8 Å². The highest BCUT2D eigenvalue weighted by Crippen LogP contribution is 2.12. The van der Waals surface area contributed by atoms with Gasteiger partial charge in [0.15, 0.2) is 0 Å². The molecule has 1 saturated heterocycles. The van der Waals surface area contributed by atoms with Crippen molar-refractivity contribution in [2.75, 3.05) is 13.1 Å². The lowest BCUT2D eigenvalue weighted by atomic mass is 10.2. The third kappa shape index (κ3) is 2.77. The Morgan fingerprint density at radius 3 is 2.86 bits per heavy atom. The molecule has 0 saturated carbocycles. The predicted molar refractivity (Wildman–Crippen MR) is 59.1 cm³/mol. The standard InChI is InChI=1S/C10H17N3S/c1-9-11-7-10(14-9)8-12-13-5-3-2-4-6-13/h7,12H,2-6,8H2,1H3. The molecule has 1 aromatic rings. The van der Waals surface area contributed by atoms with Gasteiger partial charge in [0.05, 0.1) is 5.01 Å². The summed E-state index contributed by atoms with van der Waals surface area (Å²) < 4.78 is 0. The van der Waals surface area contributed by atoms with E-state index < -0.39 is 0 Å². The molecular weight excluding hydrogens is 194 g/mol. The molecule has 0 atom stereocenters. The third-order valence-electron chi connectivity index (χ3n) is 2.50. The Morgan fingerprint density at radius 2 is 2.21 bits per heavy atom. The van der Waals surface area contributed by atoms with Crippen LogP contribution in [0.5, 0.6) is 0 Å². The highest BCUT2D eigenvalue weighted by Gasteiger charge is 2.09. The van der Waals surface area contributed by atoms with Crippen LogP contribution in [0, 0.1) is 6.92 Å². The van der Waals surface area contributed by atoms with Gasteiger partial charge >= 0.3 is 0 Å². The average molecular weight is 211 g/mol. The number of hydrazine groups is 1. The lowest BCUT2D eigenvalue weighted by Crippen LogP contribution is -2.40. The molecule has 0 radical (unpaired) electrons. The maximum Gasteiger partial charge on any atom is 0.0897 e. The van der Waals surface area contributed by atoms with Gasteiger partial charge in [-0.15, -0.1) is 11.3 Å². The van der Waals surface area contributed by atoms with Crippen molar-refractivity contribution < 1.29 is 0 Å². The normalized spacial score (nSPS) is 18.6. The largest absolute Gasteiger partial charge is 0.250 e. The molecule has 1 fully saturated rings. The van der Waals surface area contributed by atoms with E-state index in [2.05, 4.69) is 22.3 Å². The molecule has 0 unspecified atom stereocenters. The van der Waals surface area contributed by atoms with Crippen molar-refractivity contribution >= 4 is 11.3 Å². The summed E-state index contributed by atoms with van der Waals surface area (Å²) in [5.41, 5.74) is 3.45. The number of hydrogen-bond acceptors (Lipinski definition) is 4. The average Bonchev–Trinajstić information content (AvgIpc) is 2.63. The summed E-state index contributed by atoms with van der Waals surface area (Å²) in [5.74, 6) is 0. The molecule has 78 valence electrons. The number of nitrogens with one attached hydrogen (secondary N) is 1. The van der Waals surface area contributed by atoms with Crippen LogP contribution in [0.25, 0.3) is 0 Å². The van der Waals surface area contributed by atoms with E-state index in [4.69, 9.17) is 0 Å². The van der Waals surface area contributed by atoms with Crippen LogP contribution < -0.4 is 5.43 Å². The monoisotopic (exact) mass is 211 g/mol. The molecule has 0 spiro atoms. The van der Waals surface area contributed by atoms with Crippen molar-refractivity contribution in [3.8, 4) is 0 Å². The van der Waals surface area contributed by atoms with Crippen LogP contribution in [0.2, 0.25) is 0 Å². The summed E-state index contributed by atoms with van der Waals surface area (Å²) in [6.45, 7) is 5.37. The Labute approximate surface area is 89.1 Å². The minimum atomic E-state index is 0.936. The zero-order chi connectivity index (χ0) is 9.80. The van der Waals surface area contributed by atoms with Gasteiger partial charge < -0.3 is 0 Å². The van der Waals surface area contributed by atoms with Gasteiger partial charge in [0, 0.05) is 30.7 Å². The SMILES string of the molecule is Cc1ncc(CNN2CCCCC2)s1. The molecule has 1 aliphatic heterocycles. The number of aromatic nitrogens is 1. The van der Waals surface area contributed by atoms with E-state index in [1.807, 2.05) is 6.20 Å². The number of piperidine rings is 1. The fourth-order valence-electron chi connectivity index (χ4n) is 1.73. The van der Waals surface area contributed by atoms with Gasteiger partial charge in [-0.3, -0.25) is 0 Å². The van der Waals surface area contributed by atoms with E-state index in [0.717, 1.165) is 11.6 Å². The van der Waals surface area contributed by atoms with E-state index in [9.17, 15) is 0 Å². The van der Waals surface area contributed by atoms with Crippen molar-refractivity contribution in [2.24, 2.45) is 0 Å². The van der Waals surface area contributed by atoms with E-state index in [1.54, 1.807) is 11.3 Å². The minimum absolute atomic E-state index is 0.936.